The van der Waals surface area contributed by atoms with Crippen molar-refractivity contribution in [2.45, 2.75) is 5.16 Å². The lowest BCUT2D eigenvalue weighted by Crippen LogP contribution is -1.87. The molecule has 0 amide bonds. The summed E-state index contributed by atoms with van der Waals surface area (Å²) in [5, 5.41) is 0.380. The Kier molecular flexibility index (Phi) is 3.05. The molecular formula is C12H9N2S-. The Morgan fingerprint density at radius 2 is 1.80 bits per heavy atom. The van der Waals surface area contributed by atoms with E-state index >= 15 is 0 Å². The highest BCUT2D eigenvalue weighted by atomic mass is 32.1. The monoisotopic (exact) mass is 213 g/mol. The Bertz CT molecular complexity index is 466. The van der Waals surface area contributed by atoms with Crippen LogP contribution in [0.3, 0.4) is 0 Å². The molecule has 0 unspecified atom stereocenters. The van der Waals surface area contributed by atoms with E-state index in [1.807, 2.05) is 48.6 Å². The predicted octanol–water partition coefficient (Wildman–Crippen LogP) is 2.55. The molecule has 0 spiro atoms. The van der Waals surface area contributed by atoms with Gasteiger partial charge in [0.05, 0.1) is 5.69 Å². The van der Waals surface area contributed by atoms with Crippen LogP contribution in [0, 0.1) is 0 Å². The van der Waals surface area contributed by atoms with Gasteiger partial charge in [-0.25, -0.2) is 0 Å². The topological polar surface area (TPSA) is 25.8 Å². The average Bonchev–Trinajstić information content (AvgIpc) is 2.28. The van der Waals surface area contributed by atoms with Gasteiger partial charge < -0.3 is 12.6 Å². The largest absolute Gasteiger partial charge is 0.740 e. The molecule has 0 atom stereocenters. The molecule has 0 fully saturated rings. The summed E-state index contributed by atoms with van der Waals surface area (Å²) in [5.74, 6) is 0. The van der Waals surface area contributed by atoms with Gasteiger partial charge in [0.2, 0.25) is 0 Å². The third-order valence-corrected chi connectivity index (χ3v) is 2.10. The van der Waals surface area contributed by atoms with Crippen molar-refractivity contribution >= 4 is 24.8 Å². The number of hydrogen-bond donors (Lipinski definition) is 0. The highest BCUT2D eigenvalue weighted by Crippen LogP contribution is 2.05. The normalized spacial score (nSPS) is 10.7. The summed E-state index contributed by atoms with van der Waals surface area (Å²) in [4.78, 5) is 7.97. The Labute approximate surface area is 94.1 Å². The van der Waals surface area contributed by atoms with Crippen LogP contribution in [0.2, 0.25) is 0 Å². The molecular weight excluding hydrogens is 204 g/mol. The molecule has 15 heavy (non-hydrogen) atoms. The van der Waals surface area contributed by atoms with Crippen LogP contribution in [0.25, 0.3) is 12.2 Å². The lowest BCUT2D eigenvalue weighted by molar-refractivity contribution is 0.964. The van der Waals surface area contributed by atoms with Gasteiger partial charge in [0.25, 0.3) is 0 Å². The minimum absolute atomic E-state index is 0.380. The first-order valence-corrected chi connectivity index (χ1v) is 4.98. The molecule has 0 saturated heterocycles. The van der Waals surface area contributed by atoms with Gasteiger partial charge in [-0.05, 0) is 17.7 Å². The molecule has 0 aliphatic heterocycles. The van der Waals surface area contributed by atoms with Gasteiger partial charge in [-0.15, -0.1) is 0 Å². The highest BCUT2D eigenvalue weighted by molar-refractivity contribution is 7.58. The zero-order valence-corrected chi connectivity index (χ0v) is 8.82. The number of rotatable bonds is 2. The van der Waals surface area contributed by atoms with Crippen molar-refractivity contribution in [3.8, 4) is 0 Å². The molecule has 0 aliphatic carbocycles. The second kappa shape index (κ2) is 4.66. The van der Waals surface area contributed by atoms with Crippen molar-refractivity contribution in [2.24, 2.45) is 0 Å². The van der Waals surface area contributed by atoms with Crippen LogP contribution in [0.15, 0.2) is 47.8 Å². The second-order valence-corrected chi connectivity index (χ2v) is 3.37. The molecule has 2 rings (SSSR count). The fourth-order valence-corrected chi connectivity index (χ4v) is 1.36. The van der Waals surface area contributed by atoms with Crippen LogP contribution >= 0.6 is 0 Å². The maximum atomic E-state index is 4.87. The van der Waals surface area contributed by atoms with Gasteiger partial charge in [-0.1, -0.05) is 36.4 Å². The first-order chi connectivity index (χ1) is 7.34. The van der Waals surface area contributed by atoms with Crippen LogP contribution in [0.5, 0.6) is 0 Å². The van der Waals surface area contributed by atoms with E-state index in [9.17, 15) is 0 Å². The Morgan fingerprint density at radius 1 is 1.00 bits per heavy atom. The van der Waals surface area contributed by atoms with E-state index in [4.69, 9.17) is 12.6 Å². The summed E-state index contributed by atoms with van der Waals surface area (Å²) < 4.78 is 0. The first kappa shape index (κ1) is 9.80. The summed E-state index contributed by atoms with van der Waals surface area (Å²) in [6.07, 6.45) is 5.59. The summed E-state index contributed by atoms with van der Waals surface area (Å²) in [7, 11) is 0. The van der Waals surface area contributed by atoms with Crippen LogP contribution in [0.1, 0.15) is 11.3 Å². The van der Waals surface area contributed by atoms with Crippen LogP contribution in [0.4, 0.5) is 0 Å². The van der Waals surface area contributed by atoms with Crippen molar-refractivity contribution in [1.29, 1.82) is 0 Å². The summed E-state index contributed by atoms with van der Waals surface area (Å²) in [5.41, 5.74) is 1.97. The smallest absolute Gasteiger partial charge is 0.0645 e. The molecule has 1 aromatic heterocycles. The molecule has 0 saturated carbocycles. The SMILES string of the molecule is [S-]c1nccc(/C=C\c2ccccc2)n1. The third kappa shape index (κ3) is 2.86. The van der Waals surface area contributed by atoms with E-state index in [1.54, 1.807) is 6.20 Å². The van der Waals surface area contributed by atoms with Gasteiger partial charge in [-0.3, -0.25) is 9.97 Å². The standard InChI is InChI=1S/C12H10N2S/c15-12-13-9-8-11(14-12)7-6-10-4-2-1-3-5-10/h1-9H,(H,13,14,15)/p-1/b7-6-. The van der Waals surface area contributed by atoms with Crippen molar-refractivity contribution in [1.82, 2.24) is 9.97 Å². The third-order valence-electron chi connectivity index (χ3n) is 1.90. The molecule has 3 heteroatoms. The molecule has 0 N–H and O–H groups in total. The quantitative estimate of drug-likeness (QED) is 0.566. The lowest BCUT2D eigenvalue weighted by atomic mass is 10.2. The number of hydrogen-bond acceptors (Lipinski definition) is 3. The van der Waals surface area contributed by atoms with E-state index in [0.717, 1.165) is 11.3 Å². The molecule has 1 aromatic carbocycles. The van der Waals surface area contributed by atoms with E-state index in [1.165, 1.54) is 0 Å². The maximum Gasteiger partial charge on any atom is 0.0645 e. The molecule has 0 aliphatic rings. The molecule has 0 bridgehead atoms. The summed E-state index contributed by atoms with van der Waals surface area (Å²) in [6, 6.07) is 11.9. The summed E-state index contributed by atoms with van der Waals surface area (Å²) >= 11 is 4.87. The van der Waals surface area contributed by atoms with E-state index in [0.29, 0.717) is 5.16 Å². The number of aromatic nitrogens is 2. The van der Waals surface area contributed by atoms with E-state index < -0.39 is 0 Å². The molecule has 74 valence electrons. The van der Waals surface area contributed by atoms with Crippen LogP contribution in [-0.4, -0.2) is 9.97 Å². The Hall–Kier alpha value is -1.74. The van der Waals surface area contributed by atoms with Crippen molar-refractivity contribution in [3.05, 3.63) is 53.9 Å². The van der Waals surface area contributed by atoms with Gasteiger partial charge in [0.15, 0.2) is 0 Å². The van der Waals surface area contributed by atoms with Crippen molar-refractivity contribution in [2.75, 3.05) is 0 Å². The fourth-order valence-electron chi connectivity index (χ4n) is 1.19. The number of nitrogens with zero attached hydrogens (tertiary/aromatic N) is 2. The fraction of sp³-hybridized carbons (Fsp3) is 0. The van der Waals surface area contributed by atoms with Gasteiger partial charge in [0.1, 0.15) is 0 Å². The maximum absolute atomic E-state index is 4.87. The molecule has 1 heterocycles. The van der Waals surface area contributed by atoms with Gasteiger partial charge in [0, 0.05) is 11.4 Å². The zero-order valence-electron chi connectivity index (χ0n) is 8.00. The highest BCUT2D eigenvalue weighted by Gasteiger charge is 1.87. The van der Waals surface area contributed by atoms with Crippen LogP contribution in [-0.2, 0) is 12.6 Å². The second-order valence-electron chi connectivity index (χ2n) is 3.01. The Morgan fingerprint density at radius 3 is 2.53 bits per heavy atom. The zero-order chi connectivity index (χ0) is 10.5. The van der Waals surface area contributed by atoms with Gasteiger partial charge in [-0.2, -0.15) is 0 Å². The molecule has 2 aromatic rings. The summed E-state index contributed by atoms with van der Waals surface area (Å²) in [6.45, 7) is 0. The number of benzene rings is 1. The predicted molar refractivity (Wildman–Crippen MR) is 63.0 cm³/mol. The van der Waals surface area contributed by atoms with Crippen LogP contribution < -0.4 is 0 Å². The lowest BCUT2D eigenvalue weighted by Gasteiger charge is -2.01. The van der Waals surface area contributed by atoms with Crippen molar-refractivity contribution in [3.63, 3.8) is 0 Å². The minimum atomic E-state index is 0.380. The van der Waals surface area contributed by atoms with Crippen molar-refractivity contribution < 1.29 is 0 Å². The molecule has 2 nitrogen and oxygen atoms in total. The Balaban J connectivity index is 2.19. The molecule has 0 radical (unpaired) electrons. The van der Waals surface area contributed by atoms with Gasteiger partial charge >= 0.3 is 0 Å². The first-order valence-electron chi connectivity index (χ1n) is 4.58. The van der Waals surface area contributed by atoms with E-state index in [2.05, 4.69) is 9.97 Å². The minimum Gasteiger partial charge on any atom is -0.740 e. The average molecular weight is 213 g/mol. The van der Waals surface area contributed by atoms with E-state index in [-0.39, 0.29) is 0 Å².